The summed E-state index contributed by atoms with van der Waals surface area (Å²) < 4.78 is 9.64. The molecule has 0 amide bonds. The lowest BCUT2D eigenvalue weighted by molar-refractivity contribution is -0.144. The second-order valence-electron chi connectivity index (χ2n) is 3.74. The van der Waals surface area contributed by atoms with Gasteiger partial charge in [0, 0.05) is 12.0 Å². The molecule has 0 aromatic heterocycles. The third-order valence-electron chi connectivity index (χ3n) is 2.47. The Bertz CT molecular complexity index is 436. The van der Waals surface area contributed by atoms with Crippen LogP contribution in [0.25, 0.3) is 6.08 Å². The van der Waals surface area contributed by atoms with Gasteiger partial charge in [-0.25, -0.2) is 4.79 Å². The highest BCUT2D eigenvalue weighted by atomic mass is 16.6. The van der Waals surface area contributed by atoms with Crippen LogP contribution in [0, 0.1) is 0 Å². The van der Waals surface area contributed by atoms with Crippen molar-refractivity contribution < 1.29 is 19.1 Å². The van der Waals surface area contributed by atoms with Crippen LogP contribution in [0.5, 0.6) is 0 Å². The van der Waals surface area contributed by atoms with E-state index in [1.807, 2.05) is 30.3 Å². The van der Waals surface area contributed by atoms with Crippen molar-refractivity contribution >= 4 is 18.5 Å². The minimum absolute atomic E-state index is 0.112. The molecule has 1 atom stereocenters. The van der Waals surface area contributed by atoms with Crippen molar-refractivity contribution in [3.63, 3.8) is 0 Å². The summed E-state index contributed by atoms with van der Waals surface area (Å²) in [5.41, 5.74) is 1.56. The lowest BCUT2D eigenvalue weighted by atomic mass is 10.1. The number of carbonyl (C=O) groups is 2. The first-order valence-corrected chi connectivity index (χ1v) is 5.31. The molecule has 4 heteroatoms. The molecule has 4 nitrogen and oxygen atoms in total. The van der Waals surface area contributed by atoms with E-state index in [9.17, 15) is 9.59 Å². The Labute approximate surface area is 98.8 Å². The van der Waals surface area contributed by atoms with Crippen LogP contribution < -0.4 is 0 Å². The molecule has 1 fully saturated rings. The number of cyclic esters (lactones) is 1. The Morgan fingerprint density at radius 3 is 2.82 bits per heavy atom. The zero-order valence-corrected chi connectivity index (χ0v) is 9.17. The monoisotopic (exact) mass is 232 g/mol. The molecule has 0 radical (unpaired) electrons. The van der Waals surface area contributed by atoms with Crippen molar-refractivity contribution in [3.8, 4) is 0 Å². The molecule has 0 aliphatic carbocycles. The van der Waals surface area contributed by atoms with E-state index in [4.69, 9.17) is 4.74 Å². The SMILES string of the molecule is O=COCC1C/C(=C\c2ccccc2)C(=O)O1. The van der Waals surface area contributed by atoms with Crippen LogP contribution in [0.4, 0.5) is 0 Å². The maximum absolute atomic E-state index is 11.5. The van der Waals surface area contributed by atoms with Crippen molar-refractivity contribution in [2.75, 3.05) is 6.61 Å². The normalized spacial score (nSPS) is 21.3. The fourth-order valence-electron chi connectivity index (χ4n) is 1.71. The van der Waals surface area contributed by atoms with E-state index in [0.717, 1.165) is 5.56 Å². The number of esters is 1. The van der Waals surface area contributed by atoms with E-state index in [2.05, 4.69) is 4.74 Å². The van der Waals surface area contributed by atoms with Crippen LogP contribution in [0.3, 0.4) is 0 Å². The molecule has 2 rings (SSSR count). The summed E-state index contributed by atoms with van der Waals surface area (Å²) in [5, 5.41) is 0. The van der Waals surface area contributed by atoms with E-state index < -0.39 is 0 Å². The van der Waals surface area contributed by atoms with Crippen molar-refractivity contribution in [2.24, 2.45) is 0 Å². The quantitative estimate of drug-likeness (QED) is 0.449. The first-order valence-electron chi connectivity index (χ1n) is 5.31. The van der Waals surface area contributed by atoms with Crippen LogP contribution in [0.2, 0.25) is 0 Å². The molecule has 1 aromatic carbocycles. The second kappa shape index (κ2) is 5.30. The van der Waals surface area contributed by atoms with Crippen LogP contribution in [-0.2, 0) is 19.1 Å². The van der Waals surface area contributed by atoms with Crippen LogP contribution >= 0.6 is 0 Å². The smallest absolute Gasteiger partial charge is 0.334 e. The zero-order valence-electron chi connectivity index (χ0n) is 9.17. The van der Waals surface area contributed by atoms with Gasteiger partial charge in [0.25, 0.3) is 6.47 Å². The lowest BCUT2D eigenvalue weighted by Gasteiger charge is -2.04. The maximum Gasteiger partial charge on any atom is 0.334 e. The van der Waals surface area contributed by atoms with Gasteiger partial charge in [-0.3, -0.25) is 4.79 Å². The molecule has 0 N–H and O–H groups in total. The van der Waals surface area contributed by atoms with E-state index in [1.54, 1.807) is 6.08 Å². The van der Waals surface area contributed by atoms with Crippen molar-refractivity contribution in [2.45, 2.75) is 12.5 Å². The van der Waals surface area contributed by atoms with E-state index >= 15 is 0 Å². The fraction of sp³-hybridized carbons (Fsp3) is 0.231. The molecular formula is C13H12O4. The van der Waals surface area contributed by atoms with E-state index in [0.29, 0.717) is 18.5 Å². The first-order chi connectivity index (χ1) is 8.29. The van der Waals surface area contributed by atoms with Gasteiger partial charge in [-0.2, -0.15) is 0 Å². The topological polar surface area (TPSA) is 52.6 Å². The number of rotatable bonds is 4. The van der Waals surface area contributed by atoms with Crippen molar-refractivity contribution in [1.29, 1.82) is 0 Å². The largest absolute Gasteiger partial charge is 0.464 e. The number of carbonyl (C=O) groups excluding carboxylic acids is 2. The van der Waals surface area contributed by atoms with Crippen LogP contribution in [0.15, 0.2) is 35.9 Å². The van der Waals surface area contributed by atoms with Gasteiger partial charge in [-0.15, -0.1) is 0 Å². The molecule has 1 aliphatic rings. The maximum atomic E-state index is 11.5. The van der Waals surface area contributed by atoms with Crippen molar-refractivity contribution in [1.82, 2.24) is 0 Å². The fourth-order valence-corrected chi connectivity index (χ4v) is 1.71. The van der Waals surface area contributed by atoms with Crippen molar-refractivity contribution in [3.05, 3.63) is 41.5 Å². The number of ether oxygens (including phenoxy) is 2. The molecule has 0 bridgehead atoms. The zero-order chi connectivity index (χ0) is 12.1. The predicted molar refractivity (Wildman–Crippen MR) is 60.9 cm³/mol. The second-order valence-corrected chi connectivity index (χ2v) is 3.74. The predicted octanol–water partition coefficient (Wildman–Crippen LogP) is 1.56. The summed E-state index contributed by atoms with van der Waals surface area (Å²) in [6.07, 6.45) is 1.91. The molecular weight excluding hydrogens is 220 g/mol. The van der Waals surface area contributed by atoms with Gasteiger partial charge in [-0.05, 0) is 11.6 Å². The van der Waals surface area contributed by atoms with Gasteiger partial charge >= 0.3 is 5.97 Å². The van der Waals surface area contributed by atoms with Crippen LogP contribution in [-0.4, -0.2) is 25.2 Å². The van der Waals surface area contributed by atoms with Crippen LogP contribution in [0.1, 0.15) is 12.0 Å². The summed E-state index contributed by atoms with van der Waals surface area (Å²) in [6, 6.07) is 9.54. The molecule has 1 aromatic rings. The highest BCUT2D eigenvalue weighted by Gasteiger charge is 2.29. The Morgan fingerprint density at radius 1 is 1.35 bits per heavy atom. The molecule has 0 spiro atoms. The summed E-state index contributed by atoms with van der Waals surface area (Å²) in [4.78, 5) is 21.6. The Hall–Kier alpha value is -2.10. The lowest BCUT2D eigenvalue weighted by Crippen LogP contribution is -2.14. The summed E-state index contributed by atoms with van der Waals surface area (Å²) >= 11 is 0. The number of hydrogen-bond acceptors (Lipinski definition) is 4. The summed E-state index contributed by atoms with van der Waals surface area (Å²) in [6.45, 7) is 0.466. The van der Waals surface area contributed by atoms with E-state index in [1.165, 1.54) is 0 Å². The average Bonchev–Trinajstić information content (AvgIpc) is 2.69. The first kappa shape index (κ1) is 11.4. The minimum atomic E-state index is -0.359. The molecule has 1 unspecified atom stereocenters. The van der Waals surface area contributed by atoms with Gasteiger partial charge in [-0.1, -0.05) is 30.3 Å². The summed E-state index contributed by atoms with van der Waals surface area (Å²) in [7, 11) is 0. The molecule has 1 aliphatic heterocycles. The minimum Gasteiger partial charge on any atom is -0.464 e. The van der Waals surface area contributed by atoms with Gasteiger partial charge in [0.15, 0.2) is 0 Å². The highest BCUT2D eigenvalue weighted by Crippen LogP contribution is 2.22. The van der Waals surface area contributed by atoms with Gasteiger partial charge in [0.1, 0.15) is 12.7 Å². The van der Waals surface area contributed by atoms with E-state index in [-0.39, 0.29) is 18.7 Å². The molecule has 88 valence electrons. The highest BCUT2D eigenvalue weighted by molar-refractivity contribution is 5.95. The third-order valence-corrected chi connectivity index (χ3v) is 2.47. The van der Waals surface area contributed by atoms with Gasteiger partial charge < -0.3 is 9.47 Å². The third kappa shape index (κ3) is 2.93. The molecule has 1 saturated heterocycles. The van der Waals surface area contributed by atoms with Gasteiger partial charge in [0.05, 0.1) is 0 Å². The Balaban J connectivity index is 2.05. The number of benzene rings is 1. The molecule has 17 heavy (non-hydrogen) atoms. The summed E-state index contributed by atoms with van der Waals surface area (Å²) in [5.74, 6) is -0.339. The molecule has 1 heterocycles. The standard InChI is InChI=1S/C13H12O4/c14-9-16-8-12-7-11(13(15)17-12)6-10-4-2-1-3-5-10/h1-6,9,12H,7-8H2/b11-6+. The average molecular weight is 232 g/mol. The Kier molecular flexibility index (Phi) is 3.55. The Morgan fingerprint density at radius 2 is 2.12 bits per heavy atom. The van der Waals surface area contributed by atoms with Gasteiger partial charge in [0.2, 0.25) is 0 Å². The number of hydrogen-bond donors (Lipinski definition) is 0. The molecule has 0 saturated carbocycles.